The molecule has 2 rings (SSSR count). The number of aryl methyl sites for hydroxylation is 3. The van der Waals surface area contributed by atoms with Gasteiger partial charge in [-0.05, 0) is 55.7 Å². The first kappa shape index (κ1) is 13.0. The first-order valence-electron chi connectivity index (χ1n) is 6.06. The van der Waals surface area contributed by atoms with Gasteiger partial charge >= 0.3 is 0 Å². The summed E-state index contributed by atoms with van der Waals surface area (Å²) in [7, 11) is 0. The lowest BCUT2D eigenvalue weighted by Crippen LogP contribution is -1.92. The van der Waals surface area contributed by atoms with Gasteiger partial charge in [0, 0.05) is 17.1 Å². The van der Waals surface area contributed by atoms with Crippen LogP contribution in [0.5, 0.6) is 0 Å². The Bertz CT molecular complexity index is 500. The second kappa shape index (κ2) is 5.91. The minimum Gasteiger partial charge on any atom is -0.399 e. The van der Waals surface area contributed by atoms with E-state index in [4.69, 9.17) is 5.73 Å². The Balaban J connectivity index is 1.90. The van der Waals surface area contributed by atoms with Crippen LogP contribution in [0.2, 0.25) is 0 Å². The number of hydrogen-bond acceptors (Lipinski definition) is 3. The maximum absolute atomic E-state index is 5.66. The van der Waals surface area contributed by atoms with Crippen molar-refractivity contribution >= 4 is 17.4 Å². The fourth-order valence-electron chi connectivity index (χ4n) is 1.84. The molecule has 0 saturated carbocycles. The first-order valence-corrected chi connectivity index (χ1v) is 7.04. The third kappa shape index (κ3) is 3.77. The summed E-state index contributed by atoms with van der Waals surface area (Å²) in [4.78, 5) is 4.52. The Morgan fingerprint density at radius 3 is 2.50 bits per heavy atom. The monoisotopic (exact) mass is 258 g/mol. The second-order valence-corrected chi connectivity index (χ2v) is 5.58. The van der Waals surface area contributed by atoms with Crippen LogP contribution in [0.3, 0.4) is 0 Å². The van der Waals surface area contributed by atoms with E-state index in [2.05, 4.69) is 36.2 Å². The molecule has 2 nitrogen and oxygen atoms in total. The largest absolute Gasteiger partial charge is 0.399 e. The van der Waals surface area contributed by atoms with E-state index >= 15 is 0 Å². The molecule has 3 heteroatoms. The van der Waals surface area contributed by atoms with E-state index in [9.17, 15) is 0 Å². The number of nitrogens with zero attached hydrogens (tertiary/aromatic N) is 1. The maximum atomic E-state index is 5.66. The van der Waals surface area contributed by atoms with Gasteiger partial charge in [0.25, 0.3) is 0 Å². The summed E-state index contributed by atoms with van der Waals surface area (Å²) < 4.78 is 0. The van der Waals surface area contributed by atoms with Crippen LogP contribution < -0.4 is 5.73 Å². The van der Waals surface area contributed by atoms with Crippen molar-refractivity contribution < 1.29 is 0 Å². The number of benzene rings is 1. The van der Waals surface area contributed by atoms with Crippen molar-refractivity contribution in [3.63, 3.8) is 0 Å². The summed E-state index contributed by atoms with van der Waals surface area (Å²) in [6, 6.07) is 12.3. The molecule has 2 aromatic rings. The molecule has 0 radical (unpaired) electrons. The van der Waals surface area contributed by atoms with Crippen molar-refractivity contribution in [2.45, 2.75) is 25.3 Å². The summed E-state index contributed by atoms with van der Waals surface area (Å²) in [6.07, 6.45) is 1.04. The van der Waals surface area contributed by atoms with Crippen LogP contribution in [0, 0.1) is 13.8 Å². The highest BCUT2D eigenvalue weighted by Crippen LogP contribution is 2.19. The van der Waals surface area contributed by atoms with Gasteiger partial charge in [0.1, 0.15) is 0 Å². The zero-order chi connectivity index (χ0) is 13.0. The van der Waals surface area contributed by atoms with Gasteiger partial charge in [0.15, 0.2) is 0 Å². The lowest BCUT2D eigenvalue weighted by atomic mass is 10.2. The molecule has 0 atom stereocenters. The Labute approximate surface area is 113 Å². The van der Waals surface area contributed by atoms with Gasteiger partial charge in [-0.3, -0.25) is 0 Å². The lowest BCUT2D eigenvalue weighted by molar-refractivity contribution is 1.04. The Morgan fingerprint density at radius 2 is 1.83 bits per heavy atom. The highest BCUT2D eigenvalue weighted by Gasteiger charge is 1.99. The molecule has 94 valence electrons. The maximum Gasteiger partial charge on any atom is 0.0965 e. The minimum absolute atomic E-state index is 0.822. The van der Waals surface area contributed by atoms with Gasteiger partial charge in [0.05, 0.1) is 5.03 Å². The standard InChI is InChI=1S/C15H18N2S/c1-11-9-12(2)17-15(10-11)18-8-7-13-3-5-14(16)6-4-13/h3-6,9-10H,7-8,16H2,1-2H3. The molecule has 0 unspecified atom stereocenters. The fraction of sp³-hybridized carbons (Fsp3) is 0.267. The molecule has 0 bridgehead atoms. The van der Waals surface area contributed by atoms with Gasteiger partial charge in [-0.2, -0.15) is 0 Å². The summed E-state index contributed by atoms with van der Waals surface area (Å²) in [5.41, 5.74) is 10.2. The normalized spacial score (nSPS) is 10.6. The quantitative estimate of drug-likeness (QED) is 0.672. The van der Waals surface area contributed by atoms with E-state index in [1.807, 2.05) is 19.1 Å². The number of pyridine rings is 1. The van der Waals surface area contributed by atoms with Crippen molar-refractivity contribution in [1.29, 1.82) is 0 Å². The molecule has 0 aliphatic carbocycles. The molecule has 2 N–H and O–H groups in total. The van der Waals surface area contributed by atoms with Gasteiger partial charge in [-0.1, -0.05) is 12.1 Å². The van der Waals surface area contributed by atoms with Crippen LogP contribution in [-0.2, 0) is 6.42 Å². The van der Waals surface area contributed by atoms with Crippen molar-refractivity contribution in [2.24, 2.45) is 0 Å². The van der Waals surface area contributed by atoms with Gasteiger partial charge in [0.2, 0.25) is 0 Å². The smallest absolute Gasteiger partial charge is 0.0965 e. The summed E-state index contributed by atoms with van der Waals surface area (Å²) in [6.45, 7) is 4.15. The number of thioether (sulfide) groups is 1. The van der Waals surface area contributed by atoms with E-state index in [-0.39, 0.29) is 0 Å². The van der Waals surface area contributed by atoms with Crippen molar-refractivity contribution in [3.8, 4) is 0 Å². The Hall–Kier alpha value is -1.48. The topological polar surface area (TPSA) is 38.9 Å². The molecule has 18 heavy (non-hydrogen) atoms. The first-order chi connectivity index (χ1) is 8.63. The second-order valence-electron chi connectivity index (χ2n) is 4.46. The number of anilines is 1. The molecule has 0 aliphatic heterocycles. The zero-order valence-electron chi connectivity index (χ0n) is 10.8. The van der Waals surface area contributed by atoms with Crippen LogP contribution in [0.15, 0.2) is 41.4 Å². The number of rotatable bonds is 4. The molecule has 1 heterocycles. The van der Waals surface area contributed by atoms with Crippen molar-refractivity contribution in [2.75, 3.05) is 11.5 Å². The van der Waals surface area contributed by atoms with Crippen LogP contribution in [0.1, 0.15) is 16.8 Å². The summed E-state index contributed by atoms with van der Waals surface area (Å²) in [5.74, 6) is 1.04. The van der Waals surface area contributed by atoms with E-state index in [1.165, 1.54) is 11.1 Å². The molecule has 1 aromatic carbocycles. The van der Waals surface area contributed by atoms with E-state index < -0.39 is 0 Å². The number of aromatic nitrogens is 1. The highest BCUT2D eigenvalue weighted by atomic mass is 32.2. The number of hydrogen-bond donors (Lipinski definition) is 1. The Kier molecular flexibility index (Phi) is 4.26. The van der Waals surface area contributed by atoms with Gasteiger partial charge < -0.3 is 5.73 Å². The third-order valence-corrected chi connectivity index (χ3v) is 3.61. The van der Waals surface area contributed by atoms with Crippen LogP contribution in [0.4, 0.5) is 5.69 Å². The predicted octanol–water partition coefficient (Wildman–Crippen LogP) is 3.62. The fourth-order valence-corrected chi connectivity index (χ4v) is 2.86. The average molecular weight is 258 g/mol. The molecule has 0 saturated heterocycles. The van der Waals surface area contributed by atoms with Gasteiger partial charge in [-0.25, -0.2) is 4.98 Å². The molecule has 1 aromatic heterocycles. The predicted molar refractivity (Wildman–Crippen MR) is 79.0 cm³/mol. The van der Waals surface area contributed by atoms with Crippen LogP contribution >= 0.6 is 11.8 Å². The molecular formula is C15H18N2S. The summed E-state index contributed by atoms with van der Waals surface area (Å²) >= 11 is 1.81. The van der Waals surface area contributed by atoms with Gasteiger partial charge in [-0.15, -0.1) is 11.8 Å². The Morgan fingerprint density at radius 1 is 1.11 bits per heavy atom. The van der Waals surface area contributed by atoms with E-state index in [0.29, 0.717) is 0 Å². The van der Waals surface area contributed by atoms with Crippen molar-refractivity contribution in [3.05, 3.63) is 53.2 Å². The van der Waals surface area contributed by atoms with E-state index in [0.717, 1.165) is 28.6 Å². The molecular weight excluding hydrogens is 240 g/mol. The lowest BCUT2D eigenvalue weighted by Gasteiger charge is -2.04. The van der Waals surface area contributed by atoms with E-state index in [1.54, 1.807) is 11.8 Å². The number of nitrogens with two attached hydrogens (primary N) is 1. The SMILES string of the molecule is Cc1cc(C)nc(SCCc2ccc(N)cc2)c1. The van der Waals surface area contributed by atoms with Crippen LogP contribution in [-0.4, -0.2) is 10.7 Å². The molecule has 0 spiro atoms. The van der Waals surface area contributed by atoms with Crippen LogP contribution in [0.25, 0.3) is 0 Å². The zero-order valence-corrected chi connectivity index (χ0v) is 11.6. The highest BCUT2D eigenvalue weighted by molar-refractivity contribution is 7.99. The minimum atomic E-state index is 0.822. The third-order valence-electron chi connectivity index (χ3n) is 2.69. The van der Waals surface area contributed by atoms with Crippen molar-refractivity contribution in [1.82, 2.24) is 4.98 Å². The molecule has 0 aliphatic rings. The molecule has 0 amide bonds. The average Bonchev–Trinajstić information content (AvgIpc) is 2.30. The summed E-state index contributed by atoms with van der Waals surface area (Å²) in [5, 5.41) is 1.11. The number of nitrogen functional groups attached to an aromatic ring is 1. The molecule has 0 fully saturated rings.